The first kappa shape index (κ1) is 34.2. The molecule has 0 aliphatic carbocycles. The Hall–Kier alpha value is -2.75. The minimum absolute atomic E-state index is 0.0736. The maximum Gasteiger partial charge on any atom is 0.184 e. The van der Waals surface area contributed by atoms with Crippen LogP contribution in [0.4, 0.5) is 0 Å². The lowest BCUT2D eigenvalue weighted by atomic mass is 9.91. The Morgan fingerprint density at radius 1 is 1.27 bits per heavy atom. The van der Waals surface area contributed by atoms with Crippen LogP contribution in [0.3, 0.4) is 0 Å². The third-order valence-electron chi connectivity index (χ3n) is 6.04. The molecule has 0 aromatic heterocycles. The molecule has 208 valence electrons. The summed E-state index contributed by atoms with van der Waals surface area (Å²) in [6.07, 6.45) is 14.0. The van der Waals surface area contributed by atoms with Gasteiger partial charge < -0.3 is 21.9 Å². The Morgan fingerprint density at radius 3 is 2.41 bits per heavy atom. The molecule has 0 aromatic carbocycles. The van der Waals surface area contributed by atoms with Gasteiger partial charge in [-0.3, -0.25) is 14.1 Å². The molecule has 0 heterocycles. The van der Waals surface area contributed by atoms with E-state index in [1.807, 2.05) is 26.8 Å². The minimum Gasteiger partial charge on any atom is -0.508 e. The van der Waals surface area contributed by atoms with Crippen LogP contribution >= 0.6 is 11.9 Å². The predicted octanol–water partition coefficient (Wildman–Crippen LogP) is 4.98. The number of nitrogens with zero attached hydrogens (tertiary/aromatic N) is 3. The van der Waals surface area contributed by atoms with E-state index in [9.17, 15) is 9.90 Å². The molecule has 1 atom stereocenters. The molecule has 37 heavy (non-hydrogen) atoms. The highest BCUT2D eigenvalue weighted by Crippen LogP contribution is 2.25. The van der Waals surface area contributed by atoms with Crippen LogP contribution in [0, 0.1) is 5.92 Å². The SMILES string of the molecule is C=C\C(=C(O)/C=C(C)/C=C(\NC)C(=O)C/C=N\N(CN)C(=C/N)/C(C)=C\C)C(CC)CCN(CC)SC. The summed E-state index contributed by atoms with van der Waals surface area (Å²) in [6, 6.07) is 0. The third kappa shape index (κ3) is 11.9. The number of rotatable bonds is 18. The molecular weight excluding hydrogens is 484 g/mol. The highest BCUT2D eigenvalue weighted by molar-refractivity contribution is 7.96. The van der Waals surface area contributed by atoms with Crippen LogP contribution < -0.4 is 16.8 Å². The van der Waals surface area contributed by atoms with Crippen molar-refractivity contribution in [1.29, 1.82) is 0 Å². The molecule has 0 bridgehead atoms. The molecule has 0 aliphatic heterocycles. The lowest BCUT2D eigenvalue weighted by molar-refractivity contribution is -0.114. The predicted molar refractivity (Wildman–Crippen MR) is 161 cm³/mol. The standard InChI is InChI=1S/C28H48N6O2S/c1-9-22(6)26(19-29)34(20-30)32-15-13-27(35)25(31-7)17-21(5)18-28(36)24(11-3)23(10-2)14-16-33(12-4)37-8/h9,11,15,17-19,23,31,36H,3,10,12-14,16,20,29-30H2,1-2,4-8H3/b21-18+,22-9-,25-17-,26-19+,28-24-,32-15-. The number of aliphatic hydroxyl groups excluding tert-OH is 1. The van der Waals surface area contributed by atoms with E-state index in [0.717, 1.165) is 42.7 Å². The van der Waals surface area contributed by atoms with Gasteiger partial charge in [0.2, 0.25) is 0 Å². The Balaban J connectivity index is 5.67. The molecule has 0 fully saturated rings. The number of allylic oxidation sites excluding steroid dienone is 8. The van der Waals surface area contributed by atoms with Gasteiger partial charge in [-0.25, -0.2) is 0 Å². The average molecular weight is 533 g/mol. The normalized spacial score (nSPS) is 15.2. The fourth-order valence-electron chi connectivity index (χ4n) is 3.71. The number of carbonyl (C=O) groups is 1. The number of ketones is 1. The van der Waals surface area contributed by atoms with Gasteiger partial charge in [-0.05, 0) is 74.7 Å². The Labute approximate surface area is 228 Å². The van der Waals surface area contributed by atoms with E-state index in [0.29, 0.717) is 11.4 Å². The highest BCUT2D eigenvalue weighted by atomic mass is 32.2. The smallest absolute Gasteiger partial charge is 0.184 e. The van der Waals surface area contributed by atoms with E-state index in [1.165, 1.54) is 12.4 Å². The van der Waals surface area contributed by atoms with Gasteiger partial charge in [-0.1, -0.05) is 44.5 Å². The van der Waals surface area contributed by atoms with E-state index >= 15 is 0 Å². The number of hydrazone groups is 1. The molecule has 0 aromatic rings. The van der Waals surface area contributed by atoms with Crippen LogP contribution in [0.1, 0.15) is 53.9 Å². The molecule has 8 nitrogen and oxygen atoms in total. The maximum atomic E-state index is 12.8. The zero-order chi connectivity index (χ0) is 28.4. The first-order valence-electron chi connectivity index (χ1n) is 12.7. The number of hydrogen-bond donors (Lipinski definition) is 4. The monoisotopic (exact) mass is 532 g/mol. The van der Waals surface area contributed by atoms with Gasteiger partial charge >= 0.3 is 0 Å². The molecular formula is C28H48N6O2S. The topological polar surface area (TPSA) is 120 Å². The molecule has 0 saturated heterocycles. The van der Waals surface area contributed by atoms with Crippen molar-refractivity contribution in [2.75, 3.05) is 33.1 Å². The van der Waals surface area contributed by atoms with Gasteiger partial charge in [0, 0.05) is 39.0 Å². The fraction of sp³-hybridized carbons (Fsp3) is 0.500. The van der Waals surface area contributed by atoms with E-state index in [2.05, 4.69) is 41.4 Å². The number of carbonyl (C=O) groups excluding carboxylic acids is 1. The molecule has 0 spiro atoms. The lowest BCUT2D eigenvalue weighted by Crippen LogP contribution is -2.26. The second kappa shape index (κ2) is 19.4. The molecule has 0 rings (SSSR count). The van der Waals surface area contributed by atoms with E-state index in [1.54, 1.807) is 42.2 Å². The van der Waals surface area contributed by atoms with Crippen LogP contribution in [-0.4, -0.2) is 59.5 Å². The van der Waals surface area contributed by atoms with E-state index < -0.39 is 0 Å². The lowest BCUT2D eigenvalue weighted by Gasteiger charge is -2.22. The fourth-order valence-corrected chi connectivity index (χ4v) is 4.25. The van der Waals surface area contributed by atoms with Crippen molar-refractivity contribution in [3.05, 3.63) is 71.0 Å². The van der Waals surface area contributed by atoms with Gasteiger partial charge in [-0.2, -0.15) is 5.10 Å². The minimum atomic E-state index is -0.146. The van der Waals surface area contributed by atoms with Crippen molar-refractivity contribution in [1.82, 2.24) is 14.6 Å². The van der Waals surface area contributed by atoms with Gasteiger partial charge in [0.05, 0.1) is 18.1 Å². The van der Waals surface area contributed by atoms with Gasteiger partial charge in [0.25, 0.3) is 0 Å². The molecule has 0 aliphatic rings. The second-order valence-electron chi connectivity index (χ2n) is 8.37. The number of nitrogens with one attached hydrogen (secondary N) is 1. The summed E-state index contributed by atoms with van der Waals surface area (Å²) >= 11 is 1.73. The van der Waals surface area contributed by atoms with Crippen molar-refractivity contribution >= 4 is 23.9 Å². The third-order valence-corrected chi connectivity index (χ3v) is 6.99. The van der Waals surface area contributed by atoms with Crippen LogP contribution in [0.2, 0.25) is 0 Å². The van der Waals surface area contributed by atoms with Crippen LogP contribution in [0.15, 0.2) is 76.1 Å². The molecule has 6 N–H and O–H groups in total. The summed E-state index contributed by atoms with van der Waals surface area (Å²) in [7, 11) is 1.69. The summed E-state index contributed by atoms with van der Waals surface area (Å²) in [5.41, 5.74) is 15.1. The van der Waals surface area contributed by atoms with Gasteiger partial charge in [0.15, 0.2) is 5.78 Å². The zero-order valence-electron chi connectivity index (χ0n) is 23.8. The van der Waals surface area contributed by atoms with Crippen molar-refractivity contribution < 1.29 is 9.90 Å². The summed E-state index contributed by atoms with van der Waals surface area (Å²) in [4.78, 5) is 12.8. The molecule has 0 amide bonds. The van der Waals surface area contributed by atoms with Gasteiger partial charge in [0.1, 0.15) is 5.76 Å². The largest absolute Gasteiger partial charge is 0.508 e. The summed E-state index contributed by atoms with van der Waals surface area (Å²) < 4.78 is 2.29. The first-order valence-corrected chi connectivity index (χ1v) is 13.9. The van der Waals surface area contributed by atoms with Crippen LogP contribution in [0.25, 0.3) is 0 Å². The van der Waals surface area contributed by atoms with Crippen LogP contribution in [0.5, 0.6) is 0 Å². The number of Topliss-reactive ketones (excluding diaryl/α,β-unsaturated/α-hetero) is 1. The Bertz CT molecular complexity index is 914. The average Bonchev–Trinajstić information content (AvgIpc) is 2.90. The van der Waals surface area contributed by atoms with Crippen molar-refractivity contribution in [2.45, 2.75) is 53.9 Å². The van der Waals surface area contributed by atoms with E-state index in [-0.39, 0.29) is 30.5 Å². The number of nitrogens with two attached hydrogens (primary N) is 2. The summed E-state index contributed by atoms with van der Waals surface area (Å²) in [5.74, 6) is 0.219. The maximum absolute atomic E-state index is 12.8. The zero-order valence-corrected chi connectivity index (χ0v) is 24.6. The number of aliphatic hydroxyl groups is 1. The van der Waals surface area contributed by atoms with Gasteiger partial charge in [-0.15, -0.1) is 0 Å². The summed E-state index contributed by atoms with van der Waals surface area (Å²) in [6.45, 7) is 15.9. The van der Waals surface area contributed by atoms with Crippen molar-refractivity contribution in [2.24, 2.45) is 22.5 Å². The van der Waals surface area contributed by atoms with Crippen molar-refractivity contribution in [3.63, 3.8) is 0 Å². The van der Waals surface area contributed by atoms with Crippen molar-refractivity contribution in [3.8, 4) is 0 Å². The molecule has 0 saturated carbocycles. The Kier molecular flexibility index (Phi) is 17.9. The quantitative estimate of drug-likeness (QED) is 0.0371. The molecule has 1 unspecified atom stereocenters. The number of likely N-dealkylation sites (N-methyl/N-ethyl adjacent to an activating group) is 1. The second-order valence-corrected chi connectivity index (χ2v) is 9.25. The number of hydrogen-bond acceptors (Lipinski definition) is 9. The summed E-state index contributed by atoms with van der Waals surface area (Å²) in [5, 5.41) is 19.7. The van der Waals surface area contributed by atoms with Crippen LogP contribution in [-0.2, 0) is 4.79 Å². The molecule has 0 radical (unpaired) electrons. The molecule has 9 heteroatoms. The highest BCUT2D eigenvalue weighted by Gasteiger charge is 2.16. The Morgan fingerprint density at radius 2 is 1.95 bits per heavy atom. The van der Waals surface area contributed by atoms with E-state index in [4.69, 9.17) is 11.5 Å². The first-order chi connectivity index (χ1) is 17.7.